The summed E-state index contributed by atoms with van der Waals surface area (Å²) in [7, 11) is 3.31. The summed E-state index contributed by atoms with van der Waals surface area (Å²) >= 11 is 0. The van der Waals surface area contributed by atoms with Gasteiger partial charge in [-0.3, -0.25) is 9.59 Å². The van der Waals surface area contributed by atoms with Gasteiger partial charge in [0, 0.05) is 25.0 Å². The molecule has 0 fully saturated rings. The van der Waals surface area contributed by atoms with Crippen LogP contribution in [0.15, 0.2) is 41.5 Å². The van der Waals surface area contributed by atoms with Gasteiger partial charge in [-0.25, -0.2) is 0 Å². The first-order valence-corrected chi connectivity index (χ1v) is 5.67. The van der Waals surface area contributed by atoms with Gasteiger partial charge in [0.25, 0.3) is 5.91 Å². The molecule has 0 radical (unpaired) electrons. The molecule has 2 aromatic rings. The Balaban J connectivity index is 2.61. The Labute approximate surface area is 110 Å². The number of ether oxygens (including phenoxy) is 1. The molecule has 0 unspecified atom stereocenters. The normalized spacial score (nSPS) is 10.2. The van der Waals surface area contributed by atoms with E-state index in [1.54, 1.807) is 49.2 Å². The molecule has 1 aromatic carbocycles. The maximum absolute atomic E-state index is 12.2. The van der Waals surface area contributed by atoms with Crippen LogP contribution in [0.5, 0.6) is 5.75 Å². The van der Waals surface area contributed by atoms with E-state index in [4.69, 9.17) is 10.5 Å². The molecular weight excluding hydrogens is 244 g/mol. The maximum Gasteiger partial charge on any atom is 0.254 e. The Morgan fingerprint density at radius 1 is 1.21 bits per heavy atom. The molecule has 0 bridgehead atoms. The molecule has 0 aliphatic carbocycles. The highest BCUT2D eigenvalue weighted by molar-refractivity contribution is 5.93. The van der Waals surface area contributed by atoms with Gasteiger partial charge in [0.1, 0.15) is 11.3 Å². The van der Waals surface area contributed by atoms with Crippen LogP contribution in [0.3, 0.4) is 0 Å². The molecule has 1 heterocycles. The molecule has 0 spiro atoms. The summed E-state index contributed by atoms with van der Waals surface area (Å²) in [5.74, 6) is -0.0254. The highest BCUT2D eigenvalue weighted by Crippen LogP contribution is 2.19. The zero-order valence-corrected chi connectivity index (χ0v) is 10.7. The highest BCUT2D eigenvalue weighted by atomic mass is 16.5. The van der Waals surface area contributed by atoms with Crippen LogP contribution < -0.4 is 15.9 Å². The predicted molar refractivity (Wildman–Crippen MR) is 72.2 cm³/mol. The zero-order valence-electron chi connectivity index (χ0n) is 10.7. The van der Waals surface area contributed by atoms with Crippen molar-refractivity contribution in [1.82, 2.24) is 4.57 Å². The number of carbonyl (C=O) groups excluding carboxylic acids is 1. The Morgan fingerprint density at radius 3 is 2.37 bits per heavy atom. The summed E-state index contributed by atoms with van der Waals surface area (Å²) in [5.41, 5.74) is 5.97. The monoisotopic (exact) mass is 258 g/mol. The van der Waals surface area contributed by atoms with Gasteiger partial charge < -0.3 is 15.0 Å². The molecular formula is C14H14N2O3. The van der Waals surface area contributed by atoms with Gasteiger partial charge >= 0.3 is 0 Å². The molecule has 5 heteroatoms. The predicted octanol–water partition coefficient (Wildman–Crippen LogP) is 1.16. The molecule has 0 saturated carbocycles. The quantitative estimate of drug-likeness (QED) is 0.897. The Hall–Kier alpha value is -2.56. The number of pyridine rings is 1. The lowest BCUT2D eigenvalue weighted by molar-refractivity contribution is 0.0998. The van der Waals surface area contributed by atoms with Crippen molar-refractivity contribution in [3.8, 4) is 16.9 Å². The third kappa shape index (κ3) is 2.49. The third-order valence-corrected chi connectivity index (χ3v) is 2.82. The van der Waals surface area contributed by atoms with Crippen LogP contribution in [0.2, 0.25) is 0 Å². The number of methoxy groups -OCH3 is 1. The van der Waals surface area contributed by atoms with Crippen molar-refractivity contribution in [1.29, 1.82) is 0 Å². The number of aromatic nitrogens is 1. The van der Waals surface area contributed by atoms with Crippen LogP contribution in [-0.4, -0.2) is 17.6 Å². The van der Waals surface area contributed by atoms with Crippen molar-refractivity contribution in [2.24, 2.45) is 12.8 Å². The molecule has 1 aromatic heterocycles. The van der Waals surface area contributed by atoms with Crippen LogP contribution in [0.25, 0.3) is 11.1 Å². The smallest absolute Gasteiger partial charge is 0.254 e. The van der Waals surface area contributed by atoms with E-state index in [9.17, 15) is 9.59 Å². The SMILES string of the molecule is COc1ccc(-c2cn(C)cc(C(N)=O)c2=O)cc1. The Morgan fingerprint density at radius 2 is 1.84 bits per heavy atom. The van der Waals surface area contributed by atoms with Gasteiger partial charge in [-0.1, -0.05) is 12.1 Å². The minimum atomic E-state index is -0.726. The second-order valence-corrected chi connectivity index (χ2v) is 4.17. The van der Waals surface area contributed by atoms with E-state index in [-0.39, 0.29) is 11.0 Å². The second kappa shape index (κ2) is 4.97. The zero-order chi connectivity index (χ0) is 14.0. The second-order valence-electron chi connectivity index (χ2n) is 4.17. The molecule has 0 atom stereocenters. The first-order valence-electron chi connectivity index (χ1n) is 5.67. The minimum Gasteiger partial charge on any atom is -0.497 e. The number of amides is 1. The lowest BCUT2D eigenvalue weighted by Crippen LogP contribution is -2.24. The standard InChI is InChI=1S/C14H14N2O3/c1-16-7-11(13(17)12(8-16)14(15)18)9-3-5-10(19-2)6-4-9/h3-8H,1-2H3,(H2,15,18). The molecule has 98 valence electrons. The number of nitrogens with two attached hydrogens (primary N) is 1. The molecule has 0 saturated heterocycles. The summed E-state index contributed by atoms with van der Waals surface area (Å²) in [5, 5.41) is 0. The van der Waals surface area contributed by atoms with Gasteiger partial charge in [0.15, 0.2) is 0 Å². The molecule has 5 nitrogen and oxygen atoms in total. The summed E-state index contributed by atoms with van der Waals surface area (Å²) in [6, 6.07) is 7.04. The number of carbonyl (C=O) groups is 1. The van der Waals surface area contributed by atoms with Crippen molar-refractivity contribution >= 4 is 5.91 Å². The summed E-state index contributed by atoms with van der Waals surface area (Å²) < 4.78 is 6.70. The van der Waals surface area contributed by atoms with E-state index in [0.717, 1.165) is 0 Å². The fourth-order valence-corrected chi connectivity index (χ4v) is 1.86. The molecule has 2 N–H and O–H groups in total. The first kappa shape index (κ1) is 12.9. The van der Waals surface area contributed by atoms with Crippen molar-refractivity contribution in [3.05, 3.63) is 52.4 Å². The van der Waals surface area contributed by atoms with E-state index in [1.807, 2.05) is 0 Å². The Kier molecular flexibility index (Phi) is 3.37. The molecule has 0 aliphatic heterocycles. The fraction of sp³-hybridized carbons (Fsp3) is 0.143. The van der Waals surface area contributed by atoms with Gasteiger partial charge in [0.2, 0.25) is 5.43 Å². The van der Waals surface area contributed by atoms with Gasteiger partial charge in [-0.15, -0.1) is 0 Å². The first-order chi connectivity index (χ1) is 9.02. The number of nitrogens with zero attached hydrogens (tertiary/aromatic N) is 1. The van der Waals surface area contributed by atoms with Crippen molar-refractivity contribution in [2.75, 3.05) is 7.11 Å². The number of primary amides is 1. The maximum atomic E-state index is 12.2. The molecule has 19 heavy (non-hydrogen) atoms. The van der Waals surface area contributed by atoms with E-state index in [2.05, 4.69) is 0 Å². The highest BCUT2D eigenvalue weighted by Gasteiger charge is 2.12. The lowest BCUT2D eigenvalue weighted by atomic mass is 10.0. The average molecular weight is 258 g/mol. The number of aryl methyl sites for hydroxylation is 1. The van der Waals surface area contributed by atoms with E-state index in [0.29, 0.717) is 16.9 Å². The van der Waals surface area contributed by atoms with Gasteiger partial charge in [-0.2, -0.15) is 0 Å². The van der Waals surface area contributed by atoms with Crippen molar-refractivity contribution in [3.63, 3.8) is 0 Å². The fourth-order valence-electron chi connectivity index (χ4n) is 1.86. The van der Waals surface area contributed by atoms with Crippen LogP contribution in [-0.2, 0) is 7.05 Å². The largest absolute Gasteiger partial charge is 0.497 e. The summed E-state index contributed by atoms with van der Waals surface area (Å²) in [6.07, 6.45) is 3.09. The van der Waals surface area contributed by atoms with Crippen LogP contribution >= 0.6 is 0 Å². The van der Waals surface area contributed by atoms with Crippen LogP contribution in [0.1, 0.15) is 10.4 Å². The number of benzene rings is 1. The average Bonchev–Trinajstić information content (AvgIpc) is 2.41. The summed E-state index contributed by atoms with van der Waals surface area (Å²) in [4.78, 5) is 23.4. The molecule has 2 rings (SSSR count). The molecule has 0 aliphatic rings. The van der Waals surface area contributed by atoms with E-state index < -0.39 is 5.91 Å². The van der Waals surface area contributed by atoms with Gasteiger partial charge in [0.05, 0.1) is 7.11 Å². The number of rotatable bonds is 3. The van der Waals surface area contributed by atoms with Crippen molar-refractivity contribution in [2.45, 2.75) is 0 Å². The number of hydrogen-bond donors (Lipinski definition) is 1. The number of hydrogen-bond acceptors (Lipinski definition) is 3. The van der Waals surface area contributed by atoms with E-state index >= 15 is 0 Å². The van der Waals surface area contributed by atoms with Crippen molar-refractivity contribution < 1.29 is 9.53 Å². The van der Waals surface area contributed by atoms with Gasteiger partial charge in [-0.05, 0) is 17.7 Å². The molecule has 1 amide bonds. The van der Waals surface area contributed by atoms with Crippen LogP contribution in [0.4, 0.5) is 0 Å². The third-order valence-electron chi connectivity index (χ3n) is 2.82. The minimum absolute atomic E-state index is 0.0178. The van der Waals surface area contributed by atoms with Crippen LogP contribution in [0, 0.1) is 0 Å². The Bertz CT molecular complexity index is 672. The van der Waals surface area contributed by atoms with E-state index in [1.165, 1.54) is 6.20 Å². The summed E-state index contributed by atoms with van der Waals surface area (Å²) in [6.45, 7) is 0. The topological polar surface area (TPSA) is 74.3 Å². The lowest BCUT2D eigenvalue weighted by Gasteiger charge is -2.07.